The van der Waals surface area contributed by atoms with E-state index in [9.17, 15) is 9.18 Å². The van der Waals surface area contributed by atoms with Crippen LogP contribution in [0, 0.1) is 5.82 Å². The number of amides is 1. The Morgan fingerprint density at radius 1 is 1.03 bits per heavy atom. The number of nitrogens with zero attached hydrogens (tertiary/aromatic N) is 2. The van der Waals surface area contributed by atoms with Crippen LogP contribution in [0.25, 0.3) is 10.9 Å². The molecule has 1 amide bonds. The maximum atomic E-state index is 14.1. The van der Waals surface area contributed by atoms with Gasteiger partial charge in [0.1, 0.15) is 5.82 Å². The molecule has 4 nitrogen and oxygen atoms in total. The Kier molecular flexibility index (Phi) is 4.76. The lowest BCUT2D eigenvalue weighted by Crippen LogP contribution is -2.26. The zero-order chi connectivity index (χ0) is 19.8. The molecule has 2 aliphatic carbocycles. The van der Waals surface area contributed by atoms with Gasteiger partial charge in [0.05, 0.1) is 5.52 Å². The zero-order valence-electron chi connectivity index (χ0n) is 16.3. The van der Waals surface area contributed by atoms with Crippen LogP contribution in [-0.4, -0.2) is 27.9 Å². The van der Waals surface area contributed by atoms with Crippen LogP contribution in [0.2, 0.25) is 0 Å². The van der Waals surface area contributed by atoms with Gasteiger partial charge in [-0.1, -0.05) is 18.2 Å². The van der Waals surface area contributed by atoms with Crippen molar-refractivity contribution in [1.82, 2.24) is 15.2 Å². The largest absolute Gasteiger partial charge is 0.349 e. The van der Waals surface area contributed by atoms with Crippen LogP contribution >= 0.6 is 0 Å². The molecule has 0 saturated heterocycles. The van der Waals surface area contributed by atoms with Crippen LogP contribution in [0.15, 0.2) is 54.7 Å². The van der Waals surface area contributed by atoms with Crippen LogP contribution in [0.1, 0.15) is 47.2 Å². The first-order valence-corrected chi connectivity index (χ1v) is 10.3. The van der Waals surface area contributed by atoms with E-state index in [0.29, 0.717) is 23.0 Å². The van der Waals surface area contributed by atoms with Crippen molar-refractivity contribution < 1.29 is 9.18 Å². The lowest BCUT2D eigenvalue weighted by molar-refractivity contribution is 0.0951. The highest BCUT2D eigenvalue weighted by atomic mass is 19.1. The lowest BCUT2D eigenvalue weighted by atomic mass is 10.1. The van der Waals surface area contributed by atoms with Gasteiger partial charge in [0.15, 0.2) is 0 Å². The first-order valence-electron chi connectivity index (χ1n) is 10.3. The van der Waals surface area contributed by atoms with Gasteiger partial charge in [0, 0.05) is 42.3 Å². The third-order valence-electron chi connectivity index (χ3n) is 5.75. The Hall–Kier alpha value is -2.79. The zero-order valence-corrected chi connectivity index (χ0v) is 16.3. The summed E-state index contributed by atoms with van der Waals surface area (Å²) in [6, 6.07) is 15.8. The fourth-order valence-electron chi connectivity index (χ4n) is 3.79. The smallest absolute Gasteiger partial charge is 0.251 e. The third-order valence-corrected chi connectivity index (χ3v) is 5.75. The molecule has 0 spiro atoms. The fourth-order valence-corrected chi connectivity index (χ4v) is 3.79. The second-order valence-corrected chi connectivity index (χ2v) is 8.19. The second-order valence-electron chi connectivity index (χ2n) is 8.19. The first kappa shape index (κ1) is 18.3. The molecule has 0 atom stereocenters. The maximum absolute atomic E-state index is 14.1. The van der Waals surface area contributed by atoms with Crippen molar-refractivity contribution in [2.24, 2.45) is 0 Å². The number of halogens is 1. The molecule has 0 unspecified atom stereocenters. The molecule has 0 aliphatic heterocycles. The van der Waals surface area contributed by atoms with E-state index in [4.69, 9.17) is 0 Å². The molecular formula is C24H24FN3O. The molecule has 2 aliphatic rings. The van der Waals surface area contributed by atoms with E-state index in [1.807, 2.05) is 30.3 Å². The predicted molar refractivity (Wildman–Crippen MR) is 111 cm³/mol. The van der Waals surface area contributed by atoms with Gasteiger partial charge in [-0.05, 0) is 67.1 Å². The number of carbonyl (C=O) groups excluding carboxylic acids is 1. The molecule has 0 radical (unpaired) electrons. The molecule has 2 fully saturated rings. The van der Waals surface area contributed by atoms with Crippen LogP contribution in [0.4, 0.5) is 4.39 Å². The van der Waals surface area contributed by atoms with Crippen LogP contribution in [0.3, 0.4) is 0 Å². The van der Waals surface area contributed by atoms with Crippen molar-refractivity contribution in [2.75, 3.05) is 0 Å². The molecular weight excluding hydrogens is 365 g/mol. The highest BCUT2D eigenvalue weighted by Crippen LogP contribution is 2.31. The summed E-state index contributed by atoms with van der Waals surface area (Å²) in [5, 5.41) is 3.60. The van der Waals surface area contributed by atoms with Crippen molar-refractivity contribution >= 4 is 16.8 Å². The number of fused-ring (bicyclic) bond motifs is 1. The van der Waals surface area contributed by atoms with E-state index in [0.717, 1.165) is 37.0 Å². The standard InChI is InChI=1S/C24H24FN3O/c25-22-12-7-18(23-21(22)2-1-13-26-23)15-28(20-10-11-20)14-16-3-5-17(6-4-16)24(29)27-19-8-9-19/h1-7,12-13,19-20H,8-11,14-15H2,(H,27,29). The Balaban J connectivity index is 1.32. The average Bonchev–Trinajstić information content (AvgIpc) is 3.65. The van der Waals surface area contributed by atoms with Crippen LogP contribution < -0.4 is 5.32 Å². The summed E-state index contributed by atoms with van der Waals surface area (Å²) < 4.78 is 14.1. The highest BCUT2D eigenvalue weighted by molar-refractivity contribution is 5.94. The van der Waals surface area contributed by atoms with Crippen LogP contribution in [-0.2, 0) is 13.1 Å². The number of hydrogen-bond donors (Lipinski definition) is 1. The predicted octanol–water partition coefficient (Wildman–Crippen LogP) is 4.43. The summed E-state index contributed by atoms with van der Waals surface area (Å²) >= 11 is 0. The number of benzene rings is 2. The Bertz CT molecular complexity index is 1040. The average molecular weight is 389 g/mol. The van der Waals surface area contributed by atoms with Gasteiger partial charge in [-0.2, -0.15) is 0 Å². The summed E-state index contributed by atoms with van der Waals surface area (Å²) in [6.07, 6.45) is 6.28. The SMILES string of the molecule is O=C(NC1CC1)c1ccc(CN(Cc2ccc(F)c3cccnc23)C2CC2)cc1. The minimum Gasteiger partial charge on any atom is -0.349 e. The number of pyridine rings is 1. The normalized spacial score (nSPS) is 16.3. The Morgan fingerprint density at radius 2 is 1.83 bits per heavy atom. The molecule has 0 bridgehead atoms. The molecule has 2 saturated carbocycles. The van der Waals surface area contributed by atoms with Gasteiger partial charge < -0.3 is 5.32 Å². The maximum Gasteiger partial charge on any atom is 0.251 e. The quantitative estimate of drug-likeness (QED) is 0.650. The summed E-state index contributed by atoms with van der Waals surface area (Å²) in [4.78, 5) is 19.0. The number of rotatable bonds is 7. The number of aromatic nitrogens is 1. The van der Waals surface area contributed by atoms with E-state index < -0.39 is 0 Å². The summed E-state index contributed by atoms with van der Waals surface area (Å²) in [5.41, 5.74) is 3.69. The number of carbonyl (C=O) groups is 1. The molecule has 148 valence electrons. The van der Waals surface area contributed by atoms with Gasteiger partial charge in [-0.15, -0.1) is 0 Å². The molecule has 3 aromatic rings. The topological polar surface area (TPSA) is 45.2 Å². The van der Waals surface area contributed by atoms with Crippen molar-refractivity contribution in [3.63, 3.8) is 0 Å². The van der Waals surface area contributed by atoms with Crippen molar-refractivity contribution in [2.45, 2.75) is 50.9 Å². The van der Waals surface area contributed by atoms with E-state index in [-0.39, 0.29) is 11.7 Å². The van der Waals surface area contributed by atoms with Crippen molar-refractivity contribution in [3.05, 3.63) is 77.2 Å². The third kappa shape index (κ3) is 4.15. The van der Waals surface area contributed by atoms with Crippen molar-refractivity contribution in [1.29, 1.82) is 0 Å². The molecule has 5 heteroatoms. The monoisotopic (exact) mass is 389 g/mol. The van der Waals surface area contributed by atoms with Crippen LogP contribution in [0.5, 0.6) is 0 Å². The first-order chi connectivity index (χ1) is 14.2. The van der Waals surface area contributed by atoms with Gasteiger partial charge in [0.25, 0.3) is 5.91 Å². The molecule has 1 heterocycles. The fraction of sp³-hybridized carbons (Fsp3) is 0.333. The lowest BCUT2D eigenvalue weighted by Gasteiger charge is -2.23. The van der Waals surface area contributed by atoms with Crippen molar-refractivity contribution in [3.8, 4) is 0 Å². The number of nitrogens with one attached hydrogen (secondary N) is 1. The second kappa shape index (κ2) is 7.56. The molecule has 1 N–H and O–H groups in total. The van der Waals surface area contributed by atoms with Gasteiger partial charge in [0.2, 0.25) is 0 Å². The number of hydrogen-bond acceptors (Lipinski definition) is 3. The van der Waals surface area contributed by atoms with E-state index >= 15 is 0 Å². The Morgan fingerprint density at radius 3 is 2.55 bits per heavy atom. The van der Waals surface area contributed by atoms with Gasteiger partial charge >= 0.3 is 0 Å². The molecule has 29 heavy (non-hydrogen) atoms. The minimum atomic E-state index is -0.227. The summed E-state index contributed by atoms with van der Waals surface area (Å²) in [7, 11) is 0. The molecule has 5 rings (SSSR count). The van der Waals surface area contributed by atoms with E-state index in [2.05, 4.69) is 15.2 Å². The summed E-state index contributed by atoms with van der Waals surface area (Å²) in [5.74, 6) is -0.211. The highest BCUT2D eigenvalue weighted by Gasteiger charge is 2.29. The molecule has 1 aromatic heterocycles. The summed E-state index contributed by atoms with van der Waals surface area (Å²) in [6.45, 7) is 1.54. The Labute approximate surface area is 169 Å². The van der Waals surface area contributed by atoms with E-state index in [1.165, 1.54) is 24.5 Å². The minimum absolute atomic E-state index is 0.0157. The van der Waals surface area contributed by atoms with Gasteiger partial charge in [-0.25, -0.2) is 4.39 Å². The molecule has 2 aromatic carbocycles. The van der Waals surface area contributed by atoms with Gasteiger partial charge in [-0.3, -0.25) is 14.7 Å². The van der Waals surface area contributed by atoms with E-state index in [1.54, 1.807) is 18.3 Å².